The van der Waals surface area contributed by atoms with Crippen LogP contribution < -0.4 is 0 Å². The van der Waals surface area contributed by atoms with Crippen LogP contribution in [0.2, 0.25) is 19.0 Å². The smallest absolute Gasteiger partial charge is 0.127 e. The maximum Gasteiger partial charge on any atom is 0.139 e. The Hall–Kier alpha value is 0.935. The van der Waals surface area contributed by atoms with Crippen molar-refractivity contribution in [2.45, 2.75) is 192 Å². The van der Waals surface area contributed by atoms with Crippen LogP contribution >= 0.6 is 34.8 Å². The van der Waals surface area contributed by atoms with Gasteiger partial charge >= 0.3 is 0 Å². The van der Waals surface area contributed by atoms with E-state index in [9.17, 15) is 0 Å². The van der Waals surface area contributed by atoms with E-state index in [-0.39, 0.29) is 0 Å². The highest BCUT2D eigenvalue weighted by Gasteiger charge is 2.12. The summed E-state index contributed by atoms with van der Waals surface area (Å²) in [5.74, 6) is 2.52. The zero-order chi connectivity index (χ0) is 26.9. The maximum absolute atomic E-state index is 5.78. The van der Waals surface area contributed by atoms with Crippen molar-refractivity contribution < 1.29 is 0 Å². The van der Waals surface area contributed by atoms with E-state index < -0.39 is 0 Å². The standard InChI is InChI=1S/C33H66BCl3/c35-31-25-19-13-7-1-4-10-16-22-28-34(29-23-17-11-5-2-8-14-20-26-32-36)30-24-18-12-6-3-9-15-21-27-33-37/h1-33H2. The van der Waals surface area contributed by atoms with Gasteiger partial charge in [0.05, 0.1) is 0 Å². The van der Waals surface area contributed by atoms with Gasteiger partial charge in [-0.25, -0.2) is 0 Å². The van der Waals surface area contributed by atoms with Crippen LogP contribution in [0.4, 0.5) is 0 Å². The topological polar surface area (TPSA) is 0 Å². The molecular weight excluding hydrogens is 514 g/mol. The molecule has 0 amide bonds. The van der Waals surface area contributed by atoms with Crippen LogP contribution in [0.1, 0.15) is 173 Å². The van der Waals surface area contributed by atoms with Gasteiger partial charge in [-0.1, -0.05) is 173 Å². The first-order valence-electron chi connectivity index (χ1n) is 17.0. The Morgan fingerprint density at radius 3 is 0.568 bits per heavy atom. The van der Waals surface area contributed by atoms with E-state index >= 15 is 0 Å². The van der Waals surface area contributed by atoms with E-state index in [1.165, 1.54) is 192 Å². The molecule has 0 saturated carbocycles. The van der Waals surface area contributed by atoms with Gasteiger partial charge < -0.3 is 0 Å². The van der Waals surface area contributed by atoms with E-state index in [2.05, 4.69) is 0 Å². The third-order valence-corrected chi connectivity index (χ3v) is 9.04. The highest BCUT2D eigenvalue weighted by atomic mass is 35.5. The van der Waals surface area contributed by atoms with Crippen molar-refractivity contribution in [3.8, 4) is 0 Å². The molecule has 0 aromatic carbocycles. The van der Waals surface area contributed by atoms with Crippen LogP contribution in [0.5, 0.6) is 0 Å². The van der Waals surface area contributed by atoms with E-state index in [1.54, 1.807) is 0 Å². The predicted molar refractivity (Wildman–Crippen MR) is 177 cm³/mol. The van der Waals surface area contributed by atoms with Crippen molar-refractivity contribution in [2.24, 2.45) is 0 Å². The Morgan fingerprint density at radius 2 is 0.378 bits per heavy atom. The lowest BCUT2D eigenvalue weighted by atomic mass is 9.41. The molecule has 37 heavy (non-hydrogen) atoms. The Labute approximate surface area is 250 Å². The zero-order valence-corrected chi connectivity index (χ0v) is 27.3. The van der Waals surface area contributed by atoms with Gasteiger partial charge in [0.25, 0.3) is 0 Å². The van der Waals surface area contributed by atoms with Gasteiger partial charge in [0.1, 0.15) is 6.71 Å². The van der Waals surface area contributed by atoms with E-state index in [0.29, 0.717) is 0 Å². The van der Waals surface area contributed by atoms with Crippen LogP contribution in [-0.2, 0) is 0 Å². The fraction of sp³-hybridized carbons (Fsp3) is 1.00. The van der Waals surface area contributed by atoms with Gasteiger partial charge in [-0.2, -0.15) is 0 Å². The van der Waals surface area contributed by atoms with Gasteiger partial charge in [-0.15, -0.1) is 34.8 Å². The van der Waals surface area contributed by atoms with Crippen molar-refractivity contribution in [3.63, 3.8) is 0 Å². The Balaban J connectivity index is 3.87. The molecule has 0 radical (unpaired) electrons. The molecule has 0 saturated heterocycles. The zero-order valence-electron chi connectivity index (χ0n) is 25.0. The third-order valence-electron chi connectivity index (χ3n) is 8.24. The lowest BCUT2D eigenvalue weighted by Crippen LogP contribution is -2.12. The van der Waals surface area contributed by atoms with Crippen LogP contribution in [-0.4, -0.2) is 24.4 Å². The second-order valence-corrected chi connectivity index (χ2v) is 13.0. The van der Waals surface area contributed by atoms with Crippen LogP contribution in [0.25, 0.3) is 0 Å². The lowest BCUT2D eigenvalue weighted by Gasteiger charge is -2.14. The van der Waals surface area contributed by atoms with Crippen LogP contribution in [0, 0.1) is 0 Å². The molecule has 0 spiro atoms. The summed E-state index contributed by atoms with van der Waals surface area (Å²) in [4.78, 5) is 0. The summed E-state index contributed by atoms with van der Waals surface area (Å²) in [7, 11) is 0. The minimum absolute atomic E-state index is 0.839. The highest BCUT2D eigenvalue weighted by Crippen LogP contribution is 2.21. The first-order chi connectivity index (χ1) is 18.3. The number of rotatable bonds is 33. The van der Waals surface area contributed by atoms with Crippen LogP contribution in [0.15, 0.2) is 0 Å². The van der Waals surface area contributed by atoms with Gasteiger partial charge in [0, 0.05) is 17.6 Å². The summed E-state index contributed by atoms with van der Waals surface area (Å²) < 4.78 is 0. The Bertz CT molecular complexity index is 337. The summed E-state index contributed by atoms with van der Waals surface area (Å²) in [6, 6.07) is 0. The molecular formula is C33H66BCl3. The van der Waals surface area contributed by atoms with Crippen molar-refractivity contribution >= 4 is 41.5 Å². The molecule has 0 N–H and O–H groups in total. The van der Waals surface area contributed by atoms with E-state index in [1.807, 2.05) is 0 Å². The molecule has 0 aliphatic rings. The van der Waals surface area contributed by atoms with Gasteiger partial charge in [-0.05, 0) is 19.3 Å². The Kier molecular flexibility index (Phi) is 35.8. The number of halogens is 3. The molecule has 4 heteroatoms. The average Bonchev–Trinajstić information content (AvgIpc) is 2.91. The molecule has 0 aromatic rings. The quantitative estimate of drug-likeness (QED) is 0.0412. The molecule has 0 aliphatic heterocycles. The molecule has 0 nitrogen and oxygen atoms in total. The fourth-order valence-electron chi connectivity index (χ4n) is 5.73. The molecule has 0 heterocycles. The summed E-state index contributed by atoms with van der Waals surface area (Å²) in [6.45, 7) is 1.00. The number of alkyl halides is 3. The molecule has 222 valence electrons. The SMILES string of the molecule is ClCCCCCCCCCCCB(CCCCCCCCCCCCl)CCCCCCCCCCCCl. The third kappa shape index (κ3) is 33.0. The molecule has 0 rings (SSSR count). The first-order valence-corrected chi connectivity index (χ1v) is 18.6. The van der Waals surface area contributed by atoms with Gasteiger partial charge in [0.15, 0.2) is 0 Å². The molecule has 0 atom stereocenters. The van der Waals surface area contributed by atoms with Crippen molar-refractivity contribution in [1.29, 1.82) is 0 Å². The second-order valence-electron chi connectivity index (χ2n) is 11.8. The molecule has 0 bridgehead atoms. The number of unbranched alkanes of at least 4 members (excludes halogenated alkanes) is 24. The summed E-state index contributed by atoms with van der Waals surface area (Å²) in [5, 5.41) is 0. The largest absolute Gasteiger partial charge is 0.139 e. The van der Waals surface area contributed by atoms with Crippen LogP contribution in [0.3, 0.4) is 0 Å². The normalized spacial score (nSPS) is 11.4. The maximum atomic E-state index is 5.78. The molecule has 0 unspecified atom stereocenters. The van der Waals surface area contributed by atoms with Gasteiger partial charge in [0.2, 0.25) is 0 Å². The predicted octanol–water partition coefficient (Wildman–Crippen LogP) is 13.7. The van der Waals surface area contributed by atoms with Crippen molar-refractivity contribution in [3.05, 3.63) is 0 Å². The minimum Gasteiger partial charge on any atom is -0.127 e. The average molecular weight is 580 g/mol. The molecule has 0 aromatic heterocycles. The van der Waals surface area contributed by atoms with Gasteiger partial charge in [-0.3, -0.25) is 0 Å². The van der Waals surface area contributed by atoms with Crippen molar-refractivity contribution in [2.75, 3.05) is 17.6 Å². The fourth-order valence-corrected chi connectivity index (χ4v) is 6.29. The number of hydrogen-bond acceptors (Lipinski definition) is 0. The Morgan fingerprint density at radius 1 is 0.216 bits per heavy atom. The van der Waals surface area contributed by atoms with Crippen molar-refractivity contribution in [1.82, 2.24) is 0 Å². The minimum atomic E-state index is 0.839. The first kappa shape index (κ1) is 37.9. The molecule has 0 aliphatic carbocycles. The summed E-state index contributed by atoms with van der Waals surface area (Å²) in [6.07, 6.45) is 42.3. The monoisotopic (exact) mass is 578 g/mol. The lowest BCUT2D eigenvalue weighted by molar-refractivity contribution is 0.566. The molecule has 0 fully saturated rings. The van der Waals surface area contributed by atoms with E-state index in [0.717, 1.165) is 24.4 Å². The highest BCUT2D eigenvalue weighted by molar-refractivity contribution is 6.58. The second kappa shape index (κ2) is 35.0. The summed E-state index contributed by atoms with van der Waals surface area (Å²) >= 11 is 17.3. The number of hydrogen-bond donors (Lipinski definition) is 0. The summed E-state index contributed by atoms with van der Waals surface area (Å²) in [5.41, 5.74) is 0. The van der Waals surface area contributed by atoms with E-state index in [4.69, 9.17) is 34.8 Å².